The van der Waals surface area contributed by atoms with E-state index in [-0.39, 0.29) is 17.7 Å². The maximum absolute atomic E-state index is 12.5. The van der Waals surface area contributed by atoms with Crippen LogP contribution in [0.25, 0.3) is 16.9 Å². The van der Waals surface area contributed by atoms with Crippen LogP contribution in [0.2, 0.25) is 0 Å². The number of aromatic nitrogens is 2. The number of nitrogens with one attached hydrogen (secondary N) is 1. The van der Waals surface area contributed by atoms with Crippen LogP contribution in [0.1, 0.15) is 11.1 Å². The van der Waals surface area contributed by atoms with Crippen LogP contribution >= 0.6 is 11.8 Å². The Kier molecular flexibility index (Phi) is 5.40. The number of aryl methyl sites for hydroxylation is 1. The number of benzene rings is 2. The summed E-state index contributed by atoms with van der Waals surface area (Å²) in [7, 11) is 0. The molecule has 0 aliphatic carbocycles. The van der Waals surface area contributed by atoms with Gasteiger partial charge in [-0.25, -0.2) is 9.78 Å². The Bertz CT molecular complexity index is 1060. The van der Waals surface area contributed by atoms with Gasteiger partial charge in [-0.2, -0.15) is 0 Å². The molecular weight excluding hydrogens is 384 g/mol. The number of imidazole rings is 1. The summed E-state index contributed by atoms with van der Waals surface area (Å²) in [6.07, 6.45) is 1.84. The second-order valence-corrected chi connectivity index (χ2v) is 7.85. The van der Waals surface area contributed by atoms with Gasteiger partial charge in [-0.05, 0) is 31.0 Å². The Morgan fingerprint density at radius 3 is 2.66 bits per heavy atom. The van der Waals surface area contributed by atoms with E-state index in [1.807, 2.05) is 42.6 Å². The van der Waals surface area contributed by atoms with Crippen LogP contribution in [0, 0.1) is 13.8 Å². The number of hydrogen-bond donors (Lipinski definition) is 1. The van der Waals surface area contributed by atoms with Crippen molar-refractivity contribution in [3.8, 4) is 16.9 Å². The molecule has 0 radical (unpaired) electrons. The molecule has 1 aliphatic rings. The van der Waals surface area contributed by atoms with Gasteiger partial charge in [0.1, 0.15) is 0 Å². The lowest BCUT2D eigenvalue weighted by molar-refractivity contribution is -0.124. The van der Waals surface area contributed by atoms with Crippen LogP contribution in [0.3, 0.4) is 0 Å². The first kappa shape index (κ1) is 19.3. The van der Waals surface area contributed by atoms with Crippen molar-refractivity contribution in [2.45, 2.75) is 19.0 Å². The predicted molar refractivity (Wildman–Crippen MR) is 114 cm³/mol. The lowest BCUT2D eigenvalue weighted by Gasteiger charge is -2.16. The number of nitrogens with zero attached hydrogens (tertiary/aromatic N) is 3. The number of urea groups is 1. The lowest BCUT2D eigenvalue weighted by Crippen LogP contribution is -2.35. The normalized spacial score (nSPS) is 13.6. The van der Waals surface area contributed by atoms with E-state index in [9.17, 15) is 9.59 Å². The largest absolute Gasteiger partial charge is 0.336 e. The molecule has 0 unspecified atom stereocenters. The zero-order valence-corrected chi connectivity index (χ0v) is 17.2. The molecule has 2 aromatic carbocycles. The fraction of sp³-hybridized carbons (Fsp3) is 0.227. The standard InChI is InChI=1S/C22H22N4O2S/c1-15-7-6-10-18(16(15)2)26-19(17-8-4-3-5-9-17)13-24-22(26)29-14-20(27)25-12-11-23-21(25)28/h3-10,13H,11-12,14H2,1-2H3,(H,23,28). The van der Waals surface area contributed by atoms with Gasteiger partial charge < -0.3 is 5.32 Å². The van der Waals surface area contributed by atoms with Crippen LogP contribution in [0.15, 0.2) is 59.9 Å². The van der Waals surface area contributed by atoms with Gasteiger partial charge in [0.15, 0.2) is 5.16 Å². The molecule has 6 nitrogen and oxygen atoms in total. The van der Waals surface area contributed by atoms with E-state index >= 15 is 0 Å². The van der Waals surface area contributed by atoms with Crippen molar-refractivity contribution in [2.75, 3.05) is 18.8 Å². The van der Waals surface area contributed by atoms with Crippen LogP contribution in [-0.2, 0) is 4.79 Å². The van der Waals surface area contributed by atoms with Gasteiger partial charge in [0.25, 0.3) is 0 Å². The van der Waals surface area contributed by atoms with Crippen LogP contribution in [0.5, 0.6) is 0 Å². The number of amides is 3. The van der Waals surface area contributed by atoms with Crippen molar-refractivity contribution in [1.29, 1.82) is 0 Å². The molecule has 7 heteroatoms. The molecule has 3 aromatic rings. The Balaban J connectivity index is 1.71. The second-order valence-electron chi connectivity index (χ2n) is 6.91. The van der Waals surface area contributed by atoms with Gasteiger partial charge in [0, 0.05) is 18.7 Å². The zero-order valence-electron chi connectivity index (χ0n) is 16.4. The van der Waals surface area contributed by atoms with Crippen LogP contribution in [0.4, 0.5) is 4.79 Å². The number of carbonyl (C=O) groups is 2. The fourth-order valence-electron chi connectivity index (χ4n) is 3.37. The molecule has 0 spiro atoms. The van der Waals surface area contributed by atoms with Crippen molar-refractivity contribution >= 4 is 23.7 Å². The van der Waals surface area contributed by atoms with Crippen LogP contribution in [-0.4, -0.2) is 45.2 Å². The molecule has 2 heterocycles. The molecular formula is C22H22N4O2S. The number of hydrogen-bond acceptors (Lipinski definition) is 4. The SMILES string of the molecule is Cc1cccc(-n2c(-c3ccccc3)cnc2SCC(=O)N2CCNC2=O)c1C. The third kappa shape index (κ3) is 3.78. The van der Waals surface area contributed by atoms with E-state index in [1.54, 1.807) is 0 Å². The smallest absolute Gasteiger partial charge is 0.324 e. The summed E-state index contributed by atoms with van der Waals surface area (Å²) in [6, 6.07) is 15.9. The monoisotopic (exact) mass is 406 g/mol. The second kappa shape index (κ2) is 8.13. The number of thioether (sulfide) groups is 1. The van der Waals surface area contributed by atoms with E-state index in [1.165, 1.54) is 22.2 Å². The Labute approximate surface area is 173 Å². The number of rotatable bonds is 5. The minimum absolute atomic E-state index is 0.156. The van der Waals surface area contributed by atoms with Crippen molar-refractivity contribution in [1.82, 2.24) is 19.8 Å². The Hall–Kier alpha value is -3.06. The van der Waals surface area contributed by atoms with E-state index in [0.717, 1.165) is 27.7 Å². The molecule has 1 aromatic heterocycles. The summed E-state index contributed by atoms with van der Waals surface area (Å²) in [5, 5.41) is 3.39. The third-order valence-electron chi connectivity index (χ3n) is 5.10. The number of carbonyl (C=O) groups excluding carboxylic acids is 2. The van der Waals surface area contributed by atoms with E-state index in [0.29, 0.717) is 13.1 Å². The summed E-state index contributed by atoms with van der Waals surface area (Å²) >= 11 is 1.35. The summed E-state index contributed by atoms with van der Waals surface area (Å²) in [5.74, 6) is -0.0504. The molecule has 0 bridgehead atoms. The maximum atomic E-state index is 12.5. The van der Waals surface area contributed by atoms with Crippen molar-refractivity contribution in [2.24, 2.45) is 0 Å². The van der Waals surface area contributed by atoms with Gasteiger partial charge in [-0.3, -0.25) is 14.3 Å². The highest BCUT2D eigenvalue weighted by atomic mass is 32.2. The molecule has 0 saturated carbocycles. The highest BCUT2D eigenvalue weighted by Gasteiger charge is 2.26. The molecule has 1 fully saturated rings. The van der Waals surface area contributed by atoms with E-state index in [2.05, 4.69) is 40.8 Å². The minimum Gasteiger partial charge on any atom is -0.336 e. The first-order valence-electron chi connectivity index (χ1n) is 9.47. The average molecular weight is 407 g/mol. The third-order valence-corrected chi connectivity index (χ3v) is 6.04. The van der Waals surface area contributed by atoms with Gasteiger partial charge in [-0.1, -0.05) is 54.2 Å². The highest BCUT2D eigenvalue weighted by molar-refractivity contribution is 7.99. The summed E-state index contributed by atoms with van der Waals surface area (Å²) in [6.45, 7) is 5.09. The minimum atomic E-state index is -0.321. The molecule has 1 saturated heterocycles. The molecule has 3 amide bonds. The first-order valence-corrected chi connectivity index (χ1v) is 10.5. The molecule has 0 atom stereocenters. The van der Waals surface area contributed by atoms with Crippen molar-refractivity contribution in [3.63, 3.8) is 0 Å². The average Bonchev–Trinajstić information content (AvgIpc) is 3.35. The summed E-state index contributed by atoms with van der Waals surface area (Å²) < 4.78 is 2.10. The van der Waals surface area contributed by atoms with Gasteiger partial charge in [0.2, 0.25) is 5.91 Å². The molecule has 4 rings (SSSR count). The molecule has 1 N–H and O–H groups in total. The van der Waals surface area contributed by atoms with E-state index in [4.69, 9.17) is 0 Å². The maximum Gasteiger partial charge on any atom is 0.324 e. The molecule has 29 heavy (non-hydrogen) atoms. The zero-order chi connectivity index (χ0) is 20.4. The Morgan fingerprint density at radius 1 is 1.14 bits per heavy atom. The summed E-state index contributed by atoms with van der Waals surface area (Å²) in [4.78, 5) is 30.1. The first-order chi connectivity index (χ1) is 14.1. The quantitative estimate of drug-likeness (QED) is 0.655. The van der Waals surface area contributed by atoms with E-state index < -0.39 is 0 Å². The van der Waals surface area contributed by atoms with Gasteiger partial charge >= 0.3 is 6.03 Å². The lowest BCUT2D eigenvalue weighted by atomic mass is 10.1. The van der Waals surface area contributed by atoms with Crippen LogP contribution < -0.4 is 5.32 Å². The predicted octanol–water partition coefficient (Wildman–Crippen LogP) is 3.80. The van der Waals surface area contributed by atoms with Gasteiger partial charge in [0.05, 0.1) is 23.3 Å². The van der Waals surface area contributed by atoms with Gasteiger partial charge in [-0.15, -0.1) is 0 Å². The summed E-state index contributed by atoms with van der Waals surface area (Å²) in [5.41, 5.74) is 5.41. The van der Waals surface area contributed by atoms with Crippen molar-refractivity contribution < 1.29 is 9.59 Å². The highest BCUT2D eigenvalue weighted by Crippen LogP contribution is 2.32. The fourth-order valence-corrected chi connectivity index (χ4v) is 4.24. The topological polar surface area (TPSA) is 67.2 Å². The van der Waals surface area contributed by atoms with Crippen molar-refractivity contribution in [3.05, 3.63) is 65.9 Å². The Morgan fingerprint density at radius 2 is 1.93 bits per heavy atom. The molecule has 148 valence electrons. The molecule has 1 aliphatic heterocycles. The number of imide groups is 1.